The summed E-state index contributed by atoms with van der Waals surface area (Å²) in [5.41, 5.74) is 2.11. The second-order valence-corrected chi connectivity index (χ2v) is 6.92. The molecule has 1 aliphatic rings. The number of benzene rings is 2. The van der Waals surface area contributed by atoms with Crippen LogP contribution in [0.3, 0.4) is 0 Å². The number of hydrogen-bond donors (Lipinski definition) is 1. The molecule has 148 valence electrons. The van der Waals surface area contributed by atoms with Crippen molar-refractivity contribution in [3.05, 3.63) is 53.1 Å². The highest BCUT2D eigenvalue weighted by Gasteiger charge is 2.29. The average molecular weight is 403 g/mol. The number of nitrogens with one attached hydrogen (secondary N) is 1. The zero-order valence-electron chi connectivity index (χ0n) is 15.9. The van der Waals surface area contributed by atoms with E-state index in [4.69, 9.17) is 21.1 Å². The zero-order chi connectivity index (χ0) is 20.1. The summed E-state index contributed by atoms with van der Waals surface area (Å²) in [5, 5.41) is 3.43. The van der Waals surface area contributed by atoms with Gasteiger partial charge in [-0.15, -0.1) is 0 Å². The maximum Gasteiger partial charge on any atom is 0.326 e. The van der Waals surface area contributed by atoms with E-state index in [2.05, 4.69) is 5.32 Å². The molecule has 0 spiro atoms. The molecule has 3 rings (SSSR count). The number of halogens is 1. The van der Waals surface area contributed by atoms with Crippen molar-refractivity contribution in [3.63, 3.8) is 0 Å². The number of esters is 1. The molecule has 1 heterocycles. The molecule has 0 aliphatic carbocycles. The van der Waals surface area contributed by atoms with Crippen LogP contribution in [-0.2, 0) is 16.0 Å². The third-order valence-corrected chi connectivity index (χ3v) is 4.69. The molecule has 1 aliphatic heterocycles. The van der Waals surface area contributed by atoms with Crippen molar-refractivity contribution in [2.75, 3.05) is 23.4 Å². The predicted octanol–water partition coefficient (Wildman–Crippen LogP) is 4.66. The van der Waals surface area contributed by atoms with Crippen LogP contribution in [0.4, 0.5) is 16.2 Å². The summed E-state index contributed by atoms with van der Waals surface area (Å²) in [6, 6.07) is 12.1. The maximum atomic E-state index is 12.9. The van der Waals surface area contributed by atoms with Crippen LogP contribution in [0, 0.1) is 0 Å². The highest BCUT2D eigenvalue weighted by atomic mass is 35.5. The van der Waals surface area contributed by atoms with Gasteiger partial charge in [0.2, 0.25) is 0 Å². The Bertz CT molecular complexity index is 854. The monoisotopic (exact) mass is 402 g/mol. The first-order valence-corrected chi connectivity index (χ1v) is 9.67. The van der Waals surface area contributed by atoms with E-state index in [1.54, 1.807) is 54.3 Å². The molecule has 6 nitrogen and oxygen atoms in total. The molecular weight excluding hydrogens is 380 g/mol. The molecule has 7 heteroatoms. The molecular formula is C21H23ClN2O4. The summed E-state index contributed by atoms with van der Waals surface area (Å²) in [6.07, 6.45) is 0.913. The number of ether oxygens (including phenoxy) is 2. The maximum absolute atomic E-state index is 12.9. The fourth-order valence-electron chi connectivity index (χ4n) is 3.00. The smallest absolute Gasteiger partial charge is 0.326 e. The summed E-state index contributed by atoms with van der Waals surface area (Å²) < 4.78 is 10.9. The molecule has 0 aromatic heterocycles. The topological polar surface area (TPSA) is 67.9 Å². The Morgan fingerprint density at radius 2 is 1.96 bits per heavy atom. The van der Waals surface area contributed by atoms with E-state index in [1.807, 2.05) is 6.92 Å². The van der Waals surface area contributed by atoms with Crippen molar-refractivity contribution in [1.29, 1.82) is 0 Å². The molecule has 0 radical (unpaired) electrons. The van der Waals surface area contributed by atoms with Gasteiger partial charge < -0.3 is 14.8 Å². The highest BCUT2D eigenvalue weighted by Crippen LogP contribution is 2.36. The normalized spacial score (nSPS) is 15.4. The number of anilines is 2. The minimum Gasteiger partial charge on any atom is -0.486 e. The lowest BCUT2D eigenvalue weighted by molar-refractivity contribution is -0.142. The minimum absolute atomic E-state index is 0.0774. The van der Waals surface area contributed by atoms with Gasteiger partial charge in [0.05, 0.1) is 25.3 Å². The fraction of sp³-hybridized carbons (Fsp3) is 0.333. The van der Waals surface area contributed by atoms with Crippen LogP contribution in [0.2, 0.25) is 5.02 Å². The average Bonchev–Trinajstić information content (AvgIpc) is 2.68. The number of rotatable bonds is 5. The van der Waals surface area contributed by atoms with Crippen LogP contribution in [0.25, 0.3) is 0 Å². The Hall–Kier alpha value is -2.73. The van der Waals surface area contributed by atoms with Gasteiger partial charge >= 0.3 is 12.0 Å². The Kier molecular flexibility index (Phi) is 6.41. The van der Waals surface area contributed by atoms with Gasteiger partial charge in [0.1, 0.15) is 11.9 Å². The SMILES string of the molecule is CCOC(=O)Cc1ccc(NC(=O)N2C[C@H](CC)Oc3ccc(Cl)cc32)cc1. The van der Waals surface area contributed by atoms with E-state index in [1.165, 1.54) is 0 Å². The van der Waals surface area contributed by atoms with E-state index >= 15 is 0 Å². The standard InChI is InChI=1S/C21H23ClN2O4/c1-3-17-13-24(18-12-15(22)7-10-19(18)28-17)21(26)23-16-8-5-14(6-9-16)11-20(25)27-4-2/h5-10,12,17H,3-4,11,13H2,1-2H3,(H,23,26)/t17-/m0/s1. The summed E-state index contributed by atoms with van der Waals surface area (Å²) in [7, 11) is 0. The second kappa shape index (κ2) is 8.97. The molecule has 0 unspecified atom stereocenters. The van der Waals surface area contributed by atoms with E-state index in [-0.39, 0.29) is 24.5 Å². The van der Waals surface area contributed by atoms with Gasteiger partial charge in [-0.25, -0.2) is 4.79 Å². The summed E-state index contributed by atoms with van der Waals surface area (Å²) >= 11 is 6.11. The largest absolute Gasteiger partial charge is 0.486 e. The van der Waals surface area contributed by atoms with Crippen LogP contribution in [0.15, 0.2) is 42.5 Å². The number of hydrogen-bond acceptors (Lipinski definition) is 4. The van der Waals surface area contributed by atoms with Crippen LogP contribution < -0.4 is 15.0 Å². The van der Waals surface area contributed by atoms with Crippen LogP contribution in [0.5, 0.6) is 5.75 Å². The quantitative estimate of drug-likeness (QED) is 0.739. The van der Waals surface area contributed by atoms with Crippen molar-refractivity contribution in [3.8, 4) is 5.75 Å². The van der Waals surface area contributed by atoms with Crippen molar-refractivity contribution in [1.82, 2.24) is 0 Å². The molecule has 1 atom stereocenters. The van der Waals surface area contributed by atoms with E-state index < -0.39 is 0 Å². The summed E-state index contributed by atoms with van der Waals surface area (Å²) in [6.45, 7) is 4.59. The number of carbonyl (C=O) groups is 2. The fourth-order valence-corrected chi connectivity index (χ4v) is 3.17. The predicted molar refractivity (Wildman–Crippen MR) is 109 cm³/mol. The molecule has 2 amide bonds. The first kappa shape index (κ1) is 20.0. The van der Waals surface area contributed by atoms with Crippen molar-refractivity contribution >= 4 is 35.0 Å². The second-order valence-electron chi connectivity index (χ2n) is 6.48. The number of carbonyl (C=O) groups excluding carboxylic acids is 2. The minimum atomic E-state index is -0.272. The molecule has 0 saturated heterocycles. The first-order chi connectivity index (χ1) is 13.5. The Morgan fingerprint density at radius 1 is 1.21 bits per heavy atom. The molecule has 2 aromatic carbocycles. The Labute approximate surface area is 169 Å². The number of urea groups is 1. The zero-order valence-corrected chi connectivity index (χ0v) is 16.7. The number of fused-ring (bicyclic) bond motifs is 1. The van der Waals surface area contributed by atoms with E-state index in [0.717, 1.165) is 12.0 Å². The highest BCUT2D eigenvalue weighted by molar-refractivity contribution is 6.31. The lowest BCUT2D eigenvalue weighted by Crippen LogP contribution is -2.45. The van der Waals surface area contributed by atoms with Gasteiger partial charge in [0, 0.05) is 10.7 Å². The summed E-state index contributed by atoms with van der Waals surface area (Å²) in [4.78, 5) is 26.1. The molecule has 0 saturated carbocycles. The number of amides is 2. The third kappa shape index (κ3) is 4.75. The first-order valence-electron chi connectivity index (χ1n) is 9.29. The van der Waals surface area contributed by atoms with Gasteiger partial charge in [-0.2, -0.15) is 0 Å². The van der Waals surface area contributed by atoms with E-state index in [0.29, 0.717) is 35.3 Å². The van der Waals surface area contributed by atoms with Gasteiger partial charge in [-0.1, -0.05) is 30.7 Å². The molecule has 1 N–H and O–H groups in total. The molecule has 0 fully saturated rings. The van der Waals surface area contributed by atoms with Crippen LogP contribution in [0.1, 0.15) is 25.8 Å². The summed E-state index contributed by atoms with van der Waals surface area (Å²) in [5.74, 6) is 0.370. The van der Waals surface area contributed by atoms with Crippen molar-refractivity contribution in [2.24, 2.45) is 0 Å². The molecule has 0 bridgehead atoms. The lowest BCUT2D eigenvalue weighted by atomic mass is 10.1. The Balaban J connectivity index is 1.72. The number of nitrogens with zero attached hydrogens (tertiary/aromatic N) is 1. The van der Waals surface area contributed by atoms with Gasteiger partial charge in [0.15, 0.2) is 0 Å². The van der Waals surface area contributed by atoms with Crippen molar-refractivity contribution in [2.45, 2.75) is 32.8 Å². The van der Waals surface area contributed by atoms with Crippen LogP contribution >= 0.6 is 11.6 Å². The van der Waals surface area contributed by atoms with Crippen LogP contribution in [-0.4, -0.2) is 31.3 Å². The molecule has 28 heavy (non-hydrogen) atoms. The molecule has 2 aromatic rings. The Morgan fingerprint density at radius 3 is 2.64 bits per heavy atom. The van der Waals surface area contributed by atoms with Gasteiger partial charge in [0.25, 0.3) is 0 Å². The lowest BCUT2D eigenvalue weighted by Gasteiger charge is -2.34. The van der Waals surface area contributed by atoms with Crippen molar-refractivity contribution < 1.29 is 19.1 Å². The van der Waals surface area contributed by atoms with Gasteiger partial charge in [-0.05, 0) is 49.2 Å². The third-order valence-electron chi connectivity index (χ3n) is 4.45. The van der Waals surface area contributed by atoms with E-state index in [9.17, 15) is 9.59 Å². The van der Waals surface area contributed by atoms with Gasteiger partial charge in [-0.3, -0.25) is 9.69 Å².